The maximum absolute atomic E-state index is 13.4. The van der Waals surface area contributed by atoms with Gasteiger partial charge >= 0.3 is 0 Å². The Kier molecular flexibility index (Phi) is 2.90. The Morgan fingerprint density at radius 2 is 1.95 bits per heavy atom. The second-order valence-electron chi connectivity index (χ2n) is 4.69. The van der Waals surface area contributed by atoms with E-state index in [0.717, 1.165) is 26.6 Å². The number of rotatable bonds is 1. The average molecular weight is 319 g/mol. The van der Waals surface area contributed by atoms with Gasteiger partial charge in [-0.05, 0) is 49.2 Å². The van der Waals surface area contributed by atoms with E-state index < -0.39 is 0 Å². The van der Waals surface area contributed by atoms with Crippen molar-refractivity contribution in [2.24, 2.45) is 0 Å². The fraction of sp³-hybridized carbons (Fsp3) is 0.133. The summed E-state index contributed by atoms with van der Waals surface area (Å²) in [5.74, 6) is 0.404. The van der Waals surface area contributed by atoms with Gasteiger partial charge in [0.05, 0.1) is 11.0 Å². The molecule has 0 unspecified atom stereocenters. The fourth-order valence-electron chi connectivity index (χ4n) is 2.28. The monoisotopic (exact) mass is 318 g/mol. The van der Waals surface area contributed by atoms with Gasteiger partial charge in [-0.25, -0.2) is 9.37 Å². The van der Waals surface area contributed by atoms with Crippen molar-refractivity contribution >= 4 is 27.0 Å². The fourth-order valence-corrected chi connectivity index (χ4v) is 2.71. The van der Waals surface area contributed by atoms with Crippen LogP contribution in [0.5, 0.6) is 0 Å². The van der Waals surface area contributed by atoms with Crippen molar-refractivity contribution < 1.29 is 4.39 Å². The lowest BCUT2D eigenvalue weighted by atomic mass is 10.1. The molecule has 96 valence electrons. The summed E-state index contributed by atoms with van der Waals surface area (Å²) in [4.78, 5) is 7.83. The molecule has 0 aliphatic carbocycles. The highest BCUT2D eigenvalue weighted by atomic mass is 79.9. The predicted octanol–water partition coefficient (Wildman–Crippen LogP) is 4.75. The number of nitrogens with zero attached hydrogens (tertiary/aromatic N) is 1. The van der Waals surface area contributed by atoms with E-state index in [1.54, 1.807) is 6.07 Å². The molecule has 0 atom stereocenters. The molecule has 1 heterocycles. The molecule has 0 spiro atoms. The summed E-state index contributed by atoms with van der Waals surface area (Å²) in [6, 6.07) is 8.73. The van der Waals surface area contributed by atoms with Crippen LogP contribution in [-0.4, -0.2) is 9.97 Å². The van der Waals surface area contributed by atoms with Crippen molar-refractivity contribution in [3.8, 4) is 11.4 Å². The zero-order chi connectivity index (χ0) is 13.6. The topological polar surface area (TPSA) is 28.7 Å². The summed E-state index contributed by atoms with van der Waals surface area (Å²) in [5.41, 5.74) is 4.93. The molecule has 19 heavy (non-hydrogen) atoms. The molecule has 2 nitrogen and oxygen atoms in total. The predicted molar refractivity (Wildman–Crippen MR) is 78.7 cm³/mol. The van der Waals surface area contributed by atoms with Gasteiger partial charge in [0.15, 0.2) is 0 Å². The average Bonchev–Trinajstić information content (AvgIpc) is 2.76. The molecule has 0 aliphatic heterocycles. The molecule has 0 radical (unpaired) electrons. The Morgan fingerprint density at radius 1 is 1.16 bits per heavy atom. The van der Waals surface area contributed by atoms with Gasteiger partial charge in [0.2, 0.25) is 0 Å². The number of benzene rings is 2. The van der Waals surface area contributed by atoms with Crippen molar-refractivity contribution in [1.29, 1.82) is 0 Å². The first-order chi connectivity index (χ1) is 9.04. The number of H-pyrrole nitrogens is 1. The van der Waals surface area contributed by atoms with Gasteiger partial charge in [0.1, 0.15) is 11.6 Å². The molecule has 1 N–H and O–H groups in total. The number of aromatic amines is 1. The van der Waals surface area contributed by atoms with E-state index in [-0.39, 0.29) is 5.82 Å². The summed E-state index contributed by atoms with van der Waals surface area (Å²) in [6.07, 6.45) is 0. The summed E-state index contributed by atoms with van der Waals surface area (Å²) in [7, 11) is 0. The Balaban J connectivity index is 2.26. The van der Waals surface area contributed by atoms with E-state index in [2.05, 4.69) is 32.0 Å². The number of fused-ring (bicyclic) bond motifs is 1. The summed E-state index contributed by atoms with van der Waals surface area (Å²) < 4.78 is 14.2. The quantitative estimate of drug-likeness (QED) is 0.689. The van der Waals surface area contributed by atoms with E-state index in [1.807, 2.05) is 19.9 Å². The maximum Gasteiger partial charge on any atom is 0.139 e. The van der Waals surface area contributed by atoms with Gasteiger partial charge in [-0.2, -0.15) is 0 Å². The van der Waals surface area contributed by atoms with Crippen LogP contribution in [0.4, 0.5) is 4.39 Å². The molecule has 0 aliphatic rings. The SMILES string of the molecule is Cc1cc(C)c2nc(-c3cc(F)ccc3Br)[nH]c2c1. The third kappa shape index (κ3) is 2.16. The van der Waals surface area contributed by atoms with E-state index in [9.17, 15) is 4.39 Å². The molecular weight excluding hydrogens is 307 g/mol. The standard InChI is InChI=1S/C15H12BrFN2/c1-8-5-9(2)14-13(6-8)18-15(19-14)11-7-10(17)3-4-12(11)16/h3-7H,1-2H3,(H,18,19). The first-order valence-electron chi connectivity index (χ1n) is 5.97. The van der Waals surface area contributed by atoms with Crippen molar-refractivity contribution in [3.63, 3.8) is 0 Å². The Labute approximate surface area is 118 Å². The van der Waals surface area contributed by atoms with Crippen LogP contribution in [-0.2, 0) is 0 Å². The molecule has 0 fully saturated rings. The minimum absolute atomic E-state index is 0.272. The van der Waals surface area contributed by atoms with Crippen LogP contribution >= 0.6 is 15.9 Å². The minimum Gasteiger partial charge on any atom is -0.338 e. The van der Waals surface area contributed by atoms with E-state index in [1.165, 1.54) is 17.7 Å². The van der Waals surface area contributed by atoms with Gasteiger partial charge in [0, 0.05) is 10.0 Å². The lowest BCUT2D eigenvalue weighted by molar-refractivity contribution is 0.628. The van der Waals surface area contributed by atoms with Crippen LogP contribution in [0.15, 0.2) is 34.8 Å². The molecule has 1 aromatic heterocycles. The highest BCUT2D eigenvalue weighted by molar-refractivity contribution is 9.10. The van der Waals surface area contributed by atoms with Crippen molar-refractivity contribution in [2.45, 2.75) is 13.8 Å². The van der Waals surface area contributed by atoms with Gasteiger partial charge in [-0.3, -0.25) is 0 Å². The highest BCUT2D eigenvalue weighted by Gasteiger charge is 2.11. The van der Waals surface area contributed by atoms with Crippen LogP contribution in [0.3, 0.4) is 0 Å². The number of imidazole rings is 1. The summed E-state index contributed by atoms with van der Waals surface area (Å²) >= 11 is 3.43. The van der Waals surface area contributed by atoms with Crippen molar-refractivity contribution in [2.75, 3.05) is 0 Å². The molecular formula is C15H12BrFN2. The number of nitrogens with one attached hydrogen (secondary N) is 1. The third-order valence-corrected chi connectivity index (χ3v) is 3.80. The van der Waals surface area contributed by atoms with Crippen LogP contribution in [0, 0.1) is 19.7 Å². The first-order valence-corrected chi connectivity index (χ1v) is 6.76. The summed E-state index contributed by atoms with van der Waals surface area (Å²) in [5, 5.41) is 0. The normalized spacial score (nSPS) is 11.2. The van der Waals surface area contributed by atoms with Crippen LogP contribution in [0.1, 0.15) is 11.1 Å². The van der Waals surface area contributed by atoms with Gasteiger partial charge in [0.25, 0.3) is 0 Å². The Bertz CT molecular complexity index is 777. The van der Waals surface area contributed by atoms with Crippen molar-refractivity contribution in [1.82, 2.24) is 9.97 Å². The van der Waals surface area contributed by atoms with E-state index in [0.29, 0.717) is 5.82 Å². The van der Waals surface area contributed by atoms with Crippen molar-refractivity contribution in [3.05, 3.63) is 51.7 Å². The largest absolute Gasteiger partial charge is 0.338 e. The number of aryl methyl sites for hydroxylation is 2. The number of hydrogen-bond donors (Lipinski definition) is 1. The molecule has 2 aromatic carbocycles. The third-order valence-electron chi connectivity index (χ3n) is 3.11. The lowest BCUT2D eigenvalue weighted by Gasteiger charge is -2.00. The molecule has 0 saturated carbocycles. The van der Waals surface area contributed by atoms with Crippen LogP contribution in [0.25, 0.3) is 22.4 Å². The maximum atomic E-state index is 13.4. The number of halogens is 2. The van der Waals surface area contributed by atoms with Gasteiger partial charge in [-0.15, -0.1) is 0 Å². The molecule has 0 saturated heterocycles. The zero-order valence-electron chi connectivity index (χ0n) is 10.6. The second kappa shape index (κ2) is 4.46. The van der Waals surface area contributed by atoms with Gasteiger partial charge < -0.3 is 4.98 Å². The first kappa shape index (κ1) is 12.4. The number of hydrogen-bond acceptors (Lipinski definition) is 1. The summed E-state index contributed by atoms with van der Waals surface area (Å²) in [6.45, 7) is 4.08. The van der Waals surface area contributed by atoms with E-state index >= 15 is 0 Å². The second-order valence-corrected chi connectivity index (χ2v) is 5.54. The molecule has 3 rings (SSSR count). The number of aromatic nitrogens is 2. The van der Waals surface area contributed by atoms with E-state index in [4.69, 9.17) is 0 Å². The Morgan fingerprint density at radius 3 is 2.74 bits per heavy atom. The van der Waals surface area contributed by atoms with Gasteiger partial charge in [-0.1, -0.05) is 22.0 Å². The molecule has 0 amide bonds. The Hall–Kier alpha value is -1.68. The molecule has 4 heteroatoms. The zero-order valence-corrected chi connectivity index (χ0v) is 12.2. The minimum atomic E-state index is -0.272. The van der Waals surface area contributed by atoms with Crippen LogP contribution in [0.2, 0.25) is 0 Å². The molecule has 0 bridgehead atoms. The highest BCUT2D eigenvalue weighted by Crippen LogP contribution is 2.29. The smallest absolute Gasteiger partial charge is 0.139 e. The lowest BCUT2D eigenvalue weighted by Crippen LogP contribution is -1.84. The van der Waals surface area contributed by atoms with Crippen LogP contribution < -0.4 is 0 Å². The molecule has 3 aromatic rings.